The molecule has 1 rings (SSSR count). The van der Waals surface area contributed by atoms with Crippen molar-refractivity contribution in [2.24, 2.45) is 0 Å². The quantitative estimate of drug-likeness (QED) is 0.632. The predicted octanol–water partition coefficient (Wildman–Crippen LogP) is 4.78. The van der Waals surface area contributed by atoms with Gasteiger partial charge in [0.2, 0.25) is 5.91 Å². The van der Waals surface area contributed by atoms with E-state index in [1.165, 1.54) is 0 Å². The van der Waals surface area contributed by atoms with Crippen molar-refractivity contribution in [3.8, 4) is 0 Å². The molecule has 0 heterocycles. The molecule has 0 radical (unpaired) electrons. The highest BCUT2D eigenvalue weighted by Crippen LogP contribution is 2.11. The van der Waals surface area contributed by atoms with E-state index in [9.17, 15) is 4.79 Å². The molecule has 0 aliphatic rings. The van der Waals surface area contributed by atoms with Crippen LogP contribution in [0.15, 0.2) is 30.3 Å². The SMILES string of the molecule is CCCCN(CCCC)C(=O)C=Cc1ccc(Cl)cc1. The van der Waals surface area contributed by atoms with Crippen LogP contribution in [0.25, 0.3) is 6.08 Å². The van der Waals surface area contributed by atoms with Crippen LogP contribution in [0.5, 0.6) is 0 Å². The first-order valence-corrected chi connectivity index (χ1v) is 7.77. The lowest BCUT2D eigenvalue weighted by Crippen LogP contribution is -2.31. The second kappa shape index (κ2) is 9.60. The highest BCUT2D eigenvalue weighted by atomic mass is 35.5. The molecule has 0 fully saturated rings. The van der Waals surface area contributed by atoms with E-state index in [-0.39, 0.29) is 5.91 Å². The van der Waals surface area contributed by atoms with E-state index >= 15 is 0 Å². The van der Waals surface area contributed by atoms with Gasteiger partial charge in [-0.3, -0.25) is 4.79 Å². The molecule has 0 saturated heterocycles. The number of amides is 1. The fourth-order valence-corrected chi connectivity index (χ4v) is 2.00. The molecular weight excluding hydrogens is 270 g/mol. The highest BCUT2D eigenvalue weighted by molar-refractivity contribution is 6.30. The molecule has 0 N–H and O–H groups in total. The topological polar surface area (TPSA) is 20.3 Å². The standard InChI is InChI=1S/C17H24ClNO/c1-3-5-13-19(14-6-4-2)17(20)12-9-15-7-10-16(18)11-8-15/h7-12H,3-6,13-14H2,1-2H3. The molecule has 0 aliphatic carbocycles. The molecule has 0 saturated carbocycles. The summed E-state index contributed by atoms with van der Waals surface area (Å²) < 4.78 is 0. The van der Waals surface area contributed by atoms with Gasteiger partial charge in [0.1, 0.15) is 0 Å². The number of unbranched alkanes of at least 4 members (excludes halogenated alkanes) is 2. The van der Waals surface area contributed by atoms with Crippen molar-refractivity contribution in [3.63, 3.8) is 0 Å². The van der Waals surface area contributed by atoms with Gasteiger partial charge in [0, 0.05) is 24.2 Å². The van der Waals surface area contributed by atoms with E-state index in [4.69, 9.17) is 11.6 Å². The van der Waals surface area contributed by atoms with Gasteiger partial charge < -0.3 is 4.90 Å². The summed E-state index contributed by atoms with van der Waals surface area (Å²) in [5, 5.41) is 0.709. The van der Waals surface area contributed by atoms with E-state index in [2.05, 4.69) is 13.8 Å². The first kappa shape index (κ1) is 16.8. The Morgan fingerprint density at radius 3 is 2.15 bits per heavy atom. The Kier molecular flexibility index (Phi) is 8.05. The molecule has 0 bridgehead atoms. The maximum Gasteiger partial charge on any atom is 0.246 e. The summed E-state index contributed by atoms with van der Waals surface area (Å²) in [7, 11) is 0. The van der Waals surface area contributed by atoms with E-state index in [1.807, 2.05) is 35.2 Å². The van der Waals surface area contributed by atoms with Gasteiger partial charge in [-0.05, 0) is 36.6 Å². The molecule has 20 heavy (non-hydrogen) atoms. The highest BCUT2D eigenvalue weighted by Gasteiger charge is 2.08. The fraction of sp³-hybridized carbons (Fsp3) is 0.471. The van der Waals surface area contributed by atoms with Crippen LogP contribution in [-0.2, 0) is 4.79 Å². The Morgan fingerprint density at radius 1 is 1.10 bits per heavy atom. The van der Waals surface area contributed by atoms with E-state index in [1.54, 1.807) is 6.08 Å². The number of hydrogen-bond donors (Lipinski definition) is 0. The second-order valence-corrected chi connectivity index (χ2v) is 5.35. The summed E-state index contributed by atoms with van der Waals surface area (Å²) in [5.74, 6) is 0.0989. The van der Waals surface area contributed by atoms with E-state index < -0.39 is 0 Å². The number of benzene rings is 1. The van der Waals surface area contributed by atoms with Gasteiger partial charge in [-0.1, -0.05) is 50.4 Å². The van der Waals surface area contributed by atoms with Crippen molar-refractivity contribution < 1.29 is 4.79 Å². The Labute approximate surface area is 127 Å². The van der Waals surface area contributed by atoms with Gasteiger partial charge >= 0.3 is 0 Å². The van der Waals surface area contributed by atoms with Crippen molar-refractivity contribution in [1.82, 2.24) is 4.90 Å². The second-order valence-electron chi connectivity index (χ2n) is 4.92. The first-order chi connectivity index (χ1) is 9.67. The minimum Gasteiger partial charge on any atom is -0.339 e. The van der Waals surface area contributed by atoms with E-state index in [0.29, 0.717) is 5.02 Å². The van der Waals surface area contributed by atoms with Crippen LogP contribution >= 0.6 is 11.6 Å². The number of hydrogen-bond acceptors (Lipinski definition) is 1. The van der Waals surface area contributed by atoms with Crippen molar-refractivity contribution in [3.05, 3.63) is 40.9 Å². The van der Waals surface area contributed by atoms with E-state index in [0.717, 1.165) is 44.3 Å². The molecule has 0 aromatic heterocycles. The van der Waals surface area contributed by atoms with Gasteiger partial charge in [-0.2, -0.15) is 0 Å². The summed E-state index contributed by atoms with van der Waals surface area (Å²) in [6.45, 7) is 5.98. The van der Waals surface area contributed by atoms with Gasteiger partial charge in [-0.25, -0.2) is 0 Å². The summed E-state index contributed by atoms with van der Waals surface area (Å²) in [4.78, 5) is 14.2. The third-order valence-corrected chi connectivity index (χ3v) is 3.42. The van der Waals surface area contributed by atoms with Crippen LogP contribution in [0.4, 0.5) is 0 Å². The van der Waals surface area contributed by atoms with Gasteiger partial charge in [0.15, 0.2) is 0 Å². The zero-order valence-corrected chi connectivity index (χ0v) is 13.2. The zero-order chi connectivity index (χ0) is 14.8. The number of rotatable bonds is 8. The average molecular weight is 294 g/mol. The molecule has 110 valence electrons. The summed E-state index contributed by atoms with van der Waals surface area (Å²) in [5.41, 5.74) is 0.994. The third kappa shape index (κ3) is 6.25. The normalized spacial score (nSPS) is 10.9. The Bertz CT molecular complexity index is 417. The number of carbonyl (C=O) groups is 1. The lowest BCUT2D eigenvalue weighted by atomic mass is 10.2. The Balaban J connectivity index is 2.61. The smallest absolute Gasteiger partial charge is 0.246 e. The van der Waals surface area contributed by atoms with Crippen LogP contribution < -0.4 is 0 Å². The van der Waals surface area contributed by atoms with Crippen LogP contribution in [0, 0.1) is 0 Å². The maximum absolute atomic E-state index is 12.2. The molecule has 1 amide bonds. The molecule has 1 aromatic carbocycles. The monoisotopic (exact) mass is 293 g/mol. The largest absolute Gasteiger partial charge is 0.339 e. The zero-order valence-electron chi connectivity index (χ0n) is 12.4. The lowest BCUT2D eigenvalue weighted by Gasteiger charge is -2.20. The van der Waals surface area contributed by atoms with Gasteiger partial charge in [-0.15, -0.1) is 0 Å². The van der Waals surface area contributed by atoms with Crippen LogP contribution in [-0.4, -0.2) is 23.9 Å². The summed E-state index contributed by atoms with van der Waals surface area (Å²) in [6.07, 6.45) is 7.85. The molecule has 0 unspecified atom stereocenters. The molecule has 0 spiro atoms. The third-order valence-electron chi connectivity index (χ3n) is 3.16. The first-order valence-electron chi connectivity index (χ1n) is 7.40. The van der Waals surface area contributed by atoms with Crippen molar-refractivity contribution in [2.45, 2.75) is 39.5 Å². The Hall–Kier alpha value is -1.28. The van der Waals surface area contributed by atoms with Crippen LogP contribution in [0.1, 0.15) is 45.1 Å². The van der Waals surface area contributed by atoms with Crippen LogP contribution in [0.2, 0.25) is 5.02 Å². The number of halogens is 1. The Morgan fingerprint density at radius 2 is 1.65 bits per heavy atom. The summed E-state index contributed by atoms with van der Waals surface area (Å²) in [6, 6.07) is 7.48. The van der Waals surface area contributed by atoms with Crippen molar-refractivity contribution in [2.75, 3.05) is 13.1 Å². The predicted molar refractivity (Wildman–Crippen MR) is 86.9 cm³/mol. The molecule has 1 aromatic rings. The van der Waals surface area contributed by atoms with Crippen molar-refractivity contribution in [1.29, 1.82) is 0 Å². The molecule has 0 aliphatic heterocycles. The van der Waals surface area contributed by atoms with Gasteiger partial charge in [0.05, 0.1) is 0 Å². The molecule has 3 heteroatoms. The number of carbonyl (C=O) groups excluding carboxylic acids is 1. The van der Waals surface area contributed by atoms with Gasteiger partial charge in [0.25, 0.3) is 0 Å². The fourth-order valence-electron chi connectivity index (χ4n) is 1.88. The number of nitrogens with zero attached hydrogens (tertiary/aromatic N) is 1. The van der Waals surface area contributed by atoms with Crippen LogP contribution in [0.3, 0.4) is 0 Å². The maximum atomic E-state index is 12.2. The molecule has 2 nitrogen and oxygen atoms in total. The molecule has 0 atom stereocenters. The summed E-state index contributed by atoms with van der Waals surface area (Å²) >= 11 is 5.84. The lowest BCUT2D eigenvalue weighted by molar-refractivity contribution is -0.126. The average Bonchev–Trinajstić information content (AvgIpc) is 2.46. The van der Waals surface area contributed by atoms with Crippen molar-refractivity contribution >= 4 is 23.6 Å². The minimum absolute atomic E-state index is 0.0989. The molecular formula is C17H24ClNO. The minimum atomic E-state index is 0.0989.